The van der Waals surface area contributed by atoms with Crippen molar-refractivity contribution in [2.45, 2.75) is 51.1 Å². The summed E-state index contributed by atoms with van der Waals surface area (Å²) < 4.78 is 43.6. The molecule has 1 fully saturated rings. The Hall–Kier alpha value is -1.00. The normalized spacial score (nSPS) is 34.1. The fourth-order valence-corrected chi connectivity index (χ4v) is 3.63. The second kappa shape index (κ2) is 2.70. The molecule has 1 heterocycles. The van der Waals surface area contributed by atoms with E-state index in [9.17, 15) is 13.2 Å². The second-order valence-electron chi connectivity index (χ2n) is 5.92. The molecule has 0 aliphatic heterocycles. The molecule has 2 nitrogen and oxygen atoms in total. The van der Waals surface area contributed by atoms with Crippen LogP contribution in [0.2, 0.25) is 0 Å². The Balaban J connectivity index is 2.24. The summed E-state index contributed by atoms with van der Waals surface area (Å²) in [5.74, 6) is 0.386. The van der Waals surface area contributed by atoms with Crippen LogP contribution in [0.25, 0.3) is 0 Å². The lowest BCUT2D eigenvalue weighted by Crippen LogP contribution is -2.31. The van der Waals surface area contributed by atoms with E-state index in [2.05, 4.69) is 5.16 Å². The van der Waals surface area contributed by atoms with Crippen LogP contribution in [0.1, 0.15) is 56.5 Å². The van der Waals surface area contributed by atoms with Crippen molar-refractivity contribution in [3.05, 3.63) is 17.0 Å². The maximum absolute atomic E-state index is 12.9. The molecule has 0 unspecified atom stereocenters. The Morgan fingerprint density at radius 1 is 1.29 bits per heavy atom. The summed E-state index contributed by atoms with van der Waals surface area (Å²) in [4.78, 5) is 0. The first-order valence-corrected chi connectivity index (χ1v) is 5.77. The molecule has 3 rings (SSSR count). The minimum absolute atomic E-state index is 0.0784. The molecule has 2 aliphatic rings. The molecular formula is C12H14F3NO. The largest absolute Gasteiger partial charge is 0.437 e. The second-order valence-corrected chi connectivity index (χ2v) is 5.92. The fraction of sp³-hybridized carbons (Fsp3) is 0.750. The van der Waals surface area contributed by atoms with Crippen LogP contribution >= 0.6 is 0 Å². The number of nitrogens with zero attached hydrogens (tertiary/aromatic N) is 1. The third kappa shape index (κ3) is 1.06. The number of alkyl halides is 3. The van der Waals surface area contributed by atoms with Gasteiger partial charge in [-0.2, -0.15) is 13.2 Å². The van der Waals surface area contributed by atoms with E-state index in [1.807, 2.05) is 20.8 Å². The van der Waals surface area contributed by atoms with Crippen LogP contribution in [-0.4, -0.2) is 5.16 Å². The van der Waals surface area contributed by atoms with E-state index in [1.165, 1.54) is 0 Å². The smallest absolute Gasteiger partial charge is 0.360 e. The van der Waals surface area contributed by atoms with Gasteiger partial charge >= 0.3 is 6.18 Å². The number of aromatic nitrogens is 1. The highest BCUT2D eigenvalue weighted by Gasteiger charge is 2.64. The molecule has 0 N–H and O–H groups in total. The van der Waals surface area contributed by atoms with Crippen LogP contribution in [0.4, 0.5) is 13.2 Å². The summed E-state index contributed by atoms with van der Waals surface area (Å²) in [6.07, 6.45) is -2.74. The molecule has 94 valence electrons. The van der Waals surface area contributed by atoms with Gasteiger partial charge in [-0.3, -0.25) is 0 Å². The van der Waals surface area contributed by atoms with Gasteiger partial charge in [-0.1, -0.05) is 25.9 Å². The molecule has 1 aromatic heterocycles. The van der Waals surface area contributed by atoms with E-state index >= 15 is 0 Å². The lowest BCUT2D eigenvalue weighted by atomic mass is 9.70. The zero-order valence-electron chi connectivity index (χ0n) is 9.98. The molecule has 1 aromatic rings. The van der Waals surface area contributed by atoms with E-state index in [4.69, 9.17) is 4.52 Å². The van der Waals surface area contributed by atoms with Crippen molar-refractivity contribution in [1.29, 1.82) is 0 Å². The molecule has 0 radical (unpaired) electrons. The van der Waals surface area contributed by atoms with Crippen LogP contribution in [0, 0.1) is 5.41 Å². The molecule has 2 bridgehead atoms. The Bertz CT molecular complexity index is 488. The number of hydrogen-bond acceptors (Lipinski definition) is 2. The predicted octanol–water partition coefficient (Wildman–Crippen LogP) is 3.87. The monoisotopic (exact) mass is 245 g/mol. The van der Waals surface area contributed by atoms with Gasteiger partial charge in [0.15, 0.2) is 5.69 Å². The summed E-state index contributed by atoms with van der Waals surface area (Å²) in [5.41, 5.74) is -0.974. The van der Waals surface area contributed by atoms with E-state index < -0.39 is 11.9 Å². The van der Waals surface area contributed by atoms with Gasteiger partial charge in [0.05, 0.1) is 0 Å². The zero-order chi connectivity index (χ0) is 12.6. The Morgan fingerprint density at radius 3 is 2.53 bits per heavy atom. The zero-order valence-corrected chi connectivity index (χ0v) is 9.98. The maximum Gasteiger partial charge on any atom is 0.437 e. The fourth-order valence-electron chi connectivity index (χ4n) is 3.63. The quantitative estimate of drug-likeness (QED) is 0.693. The molecule has 2 atom stereocenters. The highest BCUT2D eigenvalue weighted by Crippen LogP contribution is 2.69. The van der Waals surface area contributed by atoms with Crippen LogP contribution in [0.3, 0.4) is 0 Å². The summed E-state index contributed by atoms with van der Waals surface area (Å²) in [7, 11) is 0. The molecule has 17 heavy (non-hydrogen) atoms. The van der Waals surface area contributed by atoms with E-state index in [-0.39, 0.29) is 16.7 Å². The minimum Gasteiger partial charge on any atom is -0.360 e. The average Bonchev–Trinajstić information content (AvgIpc) is 2.73. The van der Waals surface area contributed by atoms with Crippen molar-refractivity contribution in [3.8, 4) is 0 Å². The van der Waals surface area contributed by atoms with Gasteiger partial charge in [-0.25, -0.2) is 0 Å². The molecule has 0 saturated heterocycles. The van der Waals surface area contributed by atoms with Crippen molar-refractivity contribution in [2.75, 3.05) is 0 Å². The highest BCUT2D eigenvalue weighted by molar-refractivity contribution is 5.46. The summed E-state index contributed by atoms with van der Waals surface area (Å²) >= 11 is 0. The van der Waals surface area contributed by atoms with Crippen LogP contribution < -0.4 is 0 Å². The van der Waals surface area contributed by atoms with Crippen LogP contribution in [-0.2, 0) is 11.6 Å². The van der Waals surface area contributed by atoms with Gasteiger partial charge in [-0.05, 0) is 24.2 Å². The standard InChI is InChI=1S/C12H14F3NO/c1-10(2)6-4-5-11(10,3)9-7(6)8(16-17-9)12(13,14)15/h6H,4-5H2,1-3H3/t6-,11-/m0/s1. The van der Waals surface area contributed by atoms with Gasteiger partial charge in [0.2, 0.25) is 0 Å². The van der Waals surface area contributed by atoms with Gasteiger partial charge < -0.3 is 4.52 Å². The van der Waals surface area contributed by atoms with E-state index in [1.54, 1.807) is 0 Å². The molecule has 5 heteroatoms. The predicted molar refractivity (Wildman–Crippen MR) is 54.6 cm³/mol. The molecule has 2 aliphatic carbocycles. The van der Waals surface area contributed by atoms with Crippen molar-refractivity contribution < 1.29 is 17.7 Å². The number of hydrogen-bond donors (Lipinski definition) is 0. The topological polar surface area (TPSA) is 26.0 Å². The summed E-state index contributed by atoms with van der Waals surface area (Å²) in [5, 5.41) is 3.26. The van der Waals surface area contributed by atoms with Gasteiger partial charge in [0.1, 0.15) is 5.76 Å². The third-order valence-corrected chi connectivity index (χ3v) is 5.07. The Kier molecular flexibility index (Phi) is 1.76. The molecule has 0 aromatic carbocycles. The van der Waals surface area contributed by atoms with Crippen molar-refractivity contribution in [2.24, 2.45) is 5.41 Å². The molecular weight excluding hydrogens is 231 g/mol. The molecule has 1 saturated carbocycles. The average molecular weight is 245 g/mol. The van der Waals surface area contributed by atoms with Crippen molar-refractivity contribution in [1.82, 2.24) is 5.16 Å². The number of rotatable bonds is 0. The number of halogens is 3. The Labute approximate surface area is 97.2 Å². The maximum atomic E-state index is 12.9. The highest BCUT2D eigenvalue weighted by atomic mass is 19.4. The Morgan fingerprint density at radius 2 is 1.94 bits per heavy atom. The van der Waals surface area contributed by atoms with Crippen molar-refractivity contribution in [3.63, 3.8) is 0 Å². The SMILES string of the molecule is CC1(C)[C@H]2CC[C@@]1(C)c1onc(C(F)(F)F)c12. The third-order valence-electron chi connectivity index (χ3n) is 5.07. The lowest BCUT2D eigenvalue weighted by Gasteiger charge is -2.33. The van der Waals surface area contributed by atoms with Crippen LogP contribution in [0.5, 0.6) is 0 Å². The van der Waals surface area contributed by atoms with E-state index in [0.29, 0.717) is 11.3 Å². The van der Waals surface area contributed by atoms with Gasteiger partial charge in [0, 0.05) is 11.0 Å². The van der Waals surface area contributed by atoms with E-state index in [0.717, 1.165) is 12.8 Å². The number of fused-ring (bicyclic) bond motifs is 5. The van der Waals surface area contributed by atoms with Gasteiger partial charge in [0.25, 0.3) is 0 Å². The molecule has 0 amide bonds. The summed E-state index contributed by atoms with van der Waals surface area (Å²) in [6, 6.07) is 0. The van der Waals surface area contributed by atoms with Gasteiger partial charge in [-0.15, -0.1) is 0 Å². The first-order valence-electron chi connectivity index (χ1n) is 5.77. The van der Waals surface area contributed by atoms with Crippen molar-refractivity contribution >= 4 is 0 Å². The van der Waals surface area contributed by atoms with Crippen LogP contribution in [0.15, 0.2) is 4.52 Å². The molecule has 0 spiro atoms. The summed E-state index contributed by atoms with van der Waals surface area (Å²) in [6.45, 7) is 6.05. The lowest BCUT2D eigenvalue weighted by molar-refractivity contribution is -0.143. The first kappa shape index (κ1) is 11.1. The minimum atomic E-state index is -4.41. The first-order chi connectivity index (χ1) is 7.69.